The lowest BCUT2D eigenvalue weighted by Crippen LogP contribution is -2.25. The van der Waals surface area contributed by atoms with Gasteiger partial charge in [0.15, 0.2) is 0 Å². The van der Waals surface area contributed by atoms with Crippen LogP contribution in [0, 0.1) is 12.8 Å². The molecule has 1 aromatic heterocycles. The van der Waals surface area contributed by atoms with Crippen LogP contribution in [0.3, 0.4) is 0 Å². The number of hydrogen-bond donors (Lipinski definition) is 2. The van der Waals surface area contributed by atoms with Gasteiger partial charge in [-0.1, -0.05) is 13.0 Å². The van der Waals surface area contributed by atoms with Crippen LogP contribution in [0.5, 0.6) is 0 Å². The summed E-state index contributed by atoms with van der Waals surface area (Å²) >= 11 is 0. The summed E-state index contributed by atoms with van der Waals surface area (Å²) in [5.74, 6) is -0.671. The summed E-state index contributed by atoms with van der Waals surface area (Å²) in [5, 5.41) is 7.35. The maximum Gasteiger partial charge on any atom is 0.258 e. The number of allylic oxidation sites excluding steroid dienone is 2. The van der Waals surface area contributed by atoms with Gasteiger partial charge in [-0.25, -0.2) is 4.39 Å². The number of nitrogens with zero attached hydrogens (tertiary/aromatic N) is 2. The number of aromatic nitrogens is 1. The monoisotopic (exact) mass is 494 g/mol. The summed E-state index contributed by atoms with van der Waals surface area (Å²) < 4.78 is 16.0. The summed E-state index contributed by atoms with van der Waals surface area (Å²) in [7, 11) is 5.42. The molecule has 0 saturated carbocycles. The fourth-order valence-corrected chi connectivity index (χ4v) is 4.29. The first-order valence-corrected chi connectivity index (χ1v) is 11.5. The Bertz CT molecular complexity index is 1150. The van der Waals surface area contributed by atoms with Crippen LogP contribution in [-0.4, -0.2) is 72.8 Å². The third kappa shape index (κ3) is 7.08. The molecule has 6 N–H and O–H groups in total. The summed E-state index contributed by atoms with van der Waals surface area (Å²) in [6, 6.07) is 5.51. The van der Waals surface area contributed by atoms with Gasteiger partial charge in [-0.2, -0.15) is 0 Å². The number of fused-ring (bicyclic) bond motifs is 1. The third-order valence-electron chi connectivity index (χ3n) is 6.39. The van der Waals surface area contributed by atoms with Crippen LogP contribution in [0.25, 0.3) is 16.3 Å². The van der Waals surface area contributed by atoms with Crippen molar-refractivity contribution >= 4 is 22.3 Å². The maximum absolute atomic E-state index is 14.4. The molecule has 1 fully saturated rings. The molecule has 0 spiro atoms. The normalized spacial score (nSPS) is 20.2. The minimum Gasteiger partial charge on any atom is -0.412 e. The van der Waals surface area contributed by atoms with Crippen LogP contribution >= 0.6 is 0 Å². The predicted octanol–water partition coefficient (Wildman–Crippen LogP) is 1.64. The van der Waals surface area contributed by atoms with E-state index in [9.17, 15) is 14.0 Å². The van der Waals surface area contributed by atoms with E-state index < -0.39 is 6.17 Å². The van der Waals surface area contributed by atoms with E-state index in [0.29, 0.717) is 11.0 Å². The predicted molar refractivity (Wildman–Crippen MR) is 145 cm³/mol. The fraction of sp³-hybridized carbons (Fsp3) is 0.462. The number of nitrogens with one attached hydrogen (secondary N) is 2. The lowest BCUT2D eigenvalue weighted by molar-refractivity contribution is -0.116. The fourth-order valence-electron chi connectivity index (χ4n) is 4.29. The molecular weight excluding hydrogens is 451 g/mol. The molecule has 0 radical (unpaired) electrons. The standard InChI is InChI=1S/C20H21FN2O2.C6H14N2.2H2O.2H2/c1-11-10-23(4)20(25)15-6-5-13(7-16(11)15)17-8-14(19(24)22-3)9-18(21)12(17)2;1-8-5-2-3-7-4-6-8;;;;/h5-10,12,18H,1-4H3,(H,22,24);7H,2-6H2,1H3;2*1H2;2*1H/t12?,18-;;;;;/m0...../s1. The lowest BCUT2D eigenvalue weighted by Gasteiger charge is -2.24. The summed E-state index contributed by atoms with van der Waals surface area (Å²) in [6.45, 7) is 8.57. The van der Waals surface area contributed by atoms with Crippen molar-refractivity contribution in [3.63, 3.8) is 0 Å². The molecule has 2 aliphatic rings. The smallest absolute Gasteiger partial charge is 0.258 e. The highest BCUT2D eigenvalue weighted by Crippen LogP contribution is 2.35. The van der Waals surface area contributed by atoms with Crippen LogP contribution in [0.1, 0.15) is 27.3 Å². The minimum absolute atomic E-state index is 0. The maximum atomic E-state index is 14.4. The third-order valence-corrected chi connectivity index (χ3v) is 6.39. The number of carbonyl (C=O) groups is 1. The van der Waals surface area contributed by atoms with E-state index in [-0.39, 0.29) is 31.2 Å². The van der Waals surface area contributed by atoms with Gasteiger partial charge < -0.3 is 31.1 Å². The van der Waals surface area contributed by atoms with E-state index in [4.69, 9.17) is 0 Å². The van der Waals surface area contributed by atoms with Gasteiger partial charge in [0.05, 0.1) is 0 Å². The number of rotatable bonds is 2. The van der Waals surface area contributed by atoms with Gasteiger partial charge in [-0.05, 0) is 79.9 Å². The van der Waals surface area contributed by atoms with Gasteiger partial charge in [0.2, 0.25) is 0 Å². The highest BCUT2D eigenvalue weighted by Gasteiger charge is 2.26. The Hall–Kier alpha value is -2.85. The molecule has 8 nitrogen and oxygen atoms in total. The zero-order valence-electron chi connectivity index (χ0n) is 21.2. The second kappa shape index (κ2) is 13.3. The van der Waals surface area contributed by atoms with Crippen LogP contribution in [0.2, 0.25) is 0 Å². The number of benzene rings is 1. The average Bonchev–Trinajstić information content (AvgIpc) is 3.06. The second-order valence-electron chi connectivity index (χ2n) is 8.93. The van der Waals surface area contributed by atoms with Crippen molar-refractivity contribution in [1.29, 1.82) is 0 Å². The number of likely N-dealkylation sites (N-methyl/N-ethyl adjacent to an activating group) is 2. The minimum atomic E-state index is -1.23. The summed E-state index contributed by atoms with van der Waals surface area (Å²) in [5.41, 5.74) is 2.82. The molecule has 1 aliphatic heterocycles. The van der Waals surface area contributed by atoms with E-state index in [0.717, 1.165) is 28.6 Å². The molecule has 198 valence electrons. The molecule has 2 aromatic rings. The molecule has 2 atom stereocenters. The largest absolute Gasteiger partial charge is 0.412 e. The molecule has 1 saturated heterocycles. The zero-order valence-corrected chi connectivity index (χ0v) is 21.2. The Balaban J connectivity index is 0. The van der Waals surface area contributed by atoms with E-state index in [2.05, 4.69) is 22.6 Å². The highest BCUT2D eigenvalue weighted by molar-refractivity contribution is 5.99. The van der Waals surface area contributed by atoms with Crippen LogP contribution < -0.4 is 16.2 Å². The number of halogens is 1. The van der Waals surface area contributed by atoms with Gasteiger partial charge in [0, 0.05) is 53.1 Å². The van der Waals surface area contributed by atoms with E-state index in [1.54, 1.807) is 36.9 Å². The van der Waals surface area contributed by atoms with Crippen LogP contribution in [-0.2, 0) is 11.8 Å². The number of amides is 1. The molecule has 4 rings (SSSR count). The Morgan fingerprint density at radius 3 is 2.57 bits per heavy atom. The van der Waals surface area contributed by atoms with E-state index >= 15 is 0 Å². The van der Waals surface area contributed by atoms with Gasteiger partial charge >= 0.3 is 0 Å². The van der Waals surface area contributed by atoms with Gasteiger partial charge in [0.25, 0.3) is 11.5 Å². The highest BCUT2D eigenvalue weighted by atomic mass is 19.1. The summed E-state index contributed by atoms with van der Waals surface area (Å²) in [4.78, 5) is 26.6. The molecule has 1 amide bonds. The van der Waals surface area contributed by atoms with Crippen molar-refractivity contribution in [3.8, 4) is 0 Å². The van der Waals surface area contributed by atoms with Crippen molar-refractivity contribution < 1.29 is 23.0 Å². The van der Waals surface area contributed by atoms with Gasteiger partial charge in [-0.3, -0.25) is 9.59 Å². The quantitative estimate of drug-likeness (QED) is 0.657. The Morgan fingerprint density at radius 1 is 1.17 bits per heavy atom. The molecule has 1 unspecified atom stereocenters. The molecule has 0 bridgehead atoms. The number of pyridine rings is 1. The Kier molecular flexibility index (Phi) is 11.5. The molecule has 2 heterocycles. The van der Waals surface area contributed by atoms with E-state index in [1.165, 1.54) is 39.2 Å². The van der Waals surface area contributed by atoms with Crippen LogP contribution in [0.4, 0.5) is 4.39 Å². The number of carbonyl (C=O) groups excluding carboxylic acids is 1. The molecular formula is C26H43FN4O4. The first kappa shape index (κ1) is 30.2. The van der Waals surface area contributed by atoms with E-state index in [1.807, 2.05) is 19.1 Å². The van der Waals surface area contributed by atoms with Crippen molar-refractivity contribution in [2.75, 3.05) is 40.3 Å². The molecule has 35 heavy (non-hydrogen) atoms. The SMILES string of the molecule is CN1CCCNCC1.CNC(=O)C1=C[C@H](F)C(C)C(c2ccc3c(=O)n(C)cc(C)c3c2)=C1.O.O.[HH].[HH]. The Morgan fingerprint density at radius 2 is 1.89 bits per heavy atom. The average molecular weight is 495 g/mol. The zero-order chi connectivity index (χ0) is 24.1. The molecule has 1 aliphatic carbocycles. The summed E-state index contributed by atoms with van der Waals surface area (Å²) in [6.07, 6.45) is 4.96. The van der Waals surface area contributed by atoms with Gasteiger partial charge in [0.1, 0.15) is 6.17 Å². The second-order valence-corrected chi connectivity index (χ2v) is 8.93. The lowest BCUT2D eigenvalue weighted by atomic mass is 9.83. The first-order chi connectivity index (χ1) is 15.7. The first-order valence-electron chi connectivity index (χ1n) is 11.5. The van der Waals surface area contributed by atoms with Crippen molar-refractivity contribution in [3.05, 3.63) is 63.6 Å². The van der Waals surface area contributed by atoms with Gasteiger partial charge in [-0.15, -0.1) is 0 Å². The molecule has 9 heteroatoms. The number of hydrogen-bond acceptors (Lipinski definition) is 4. The number of alkyl halides is 1. The van der Waals surface area contributed by atoms with Crippen molar-refractivity contribution in [1.82, 2.24) is 20.1 Å². The van der Waals surface area contributed by atoms with Crippen LogP contribution in [0.15, 0.2) is 46.9 Å². The molecule has 1 aromatic carbocycles. The van der Waals surface area contributed by atoms with Crippen molar-refractivity contribution in [2.24, 2.45) is 13.0 Å². The topological polar surface area (TPSA) is 129 Å². The van der Waals surface area contributed by atoms with Crippen molar-refractivity contribution in [2.45, 2.75) is 26.4 Å². The Labute approximate surface area is 209 Å². The number of aryl methyl sites for hydroxylation is 2.